The number of likely N-dealkylation sites (tertiary alicyclic amines) is 2. The summed E-state index contributed by atoms with van der Waals surface area (Å²) in [6, 6.07) is 0.0826. The maximum absolute atomic E-state index is 13.0. The fourth-order valence-electron chi connectivity index (χ4n) is 3.77. The second kappa shape index (κ2) is 5.85. The van der Waals surface area contributed by atoms with Crippen LogP contribution in [-0.4, -0.2) is 51.6 Å². The topological polar surface area (TPSA) is 60.9 Å². The summed E-state index contributed by atoms with van der Waals surface area (Å²) in [4.78, 5) is 28.1. The minimum atomic E-state index is -1.06. The van der Waals surface area contributed by atoms with Gasteiger partial charge in [0.1, 0.15) is 5.54 Å². The fourth-order valence-corrected chi connectivity index (χ4v) is 3.77. The molecule has 21 heavy (non-hydrogen) atoms. The van der Waals surface area contributed by atoms with E-state index in [-0.39, 0.29) is 12.1 Å². The molecule has 0 aromatic heterocycles. The Morgan fingerprint density at radius 1 is 1.19 bits per heavy atom. The van der Waals surface area contributed by atoms with E-state index in [0.29, 0.717) is 24.8 Å². The first kappa shape index (κ1) is 16.1. The smallest absolute Gasteiger partial charge is 0.329 e. The molecule has 1 N–H and O–H groups in total. The van der Waals surface area contributed by atoms with Crippen molar-refractivity contribution < 1.29 is 14.7 Å². The monoisotopic (exact) mass is 296 g/mol. The van der Waals surface area contributed by atoms with Gasteiger partial charge in [-0.2, -0.15) is 0 Å². The van der Waals surface area contributed by atoms with Crippen LogP contribution < -0.4 is 0 Å². The first-order chi connectivity index (χ1) is 9.77. The van der Waals surface area contributed by atoms with Gasteiger partial charge in [-0.25, -0.2) is 9.59 Å². The number of rotatable bonds is 1. The van der Waals surface area contributed by atoms with Crippen LogP contribution >= 0.6 is 0 Å². The van der Waals surface area contributed by atoms with Gasteiger partial charge in [0, 0.05) is 19.1 Å². The minimum absolute atomic E-state index is 0.0921. The van der Waals surface area contributed by atoms with Crippen LogP contribution in [0.5, 0.6) is 0 Å². The van der Waals surface area contributed by atoms with Gasteiger partial charge < -0.3 is 14.9 Å². The average molecular weight is 296 g/mol. The lowest BCUT2D eigenvalue weighted by atomic mass is 9.85. The van der Waals surface area contributed by atoms with Crippen molar-refractivity contribution in [3.05, 3.63) is 0 Å². The minimum Gasteiger partial charge on any atom is -0.480 e. The van der Waals surface area contributed by atoms with Gasteiger partial charge in [0.15, 0.2) is 0 Å². The zero-order valence-electron chi connectivity index (χ0n) is 13.6. The van der Waals surface area contributed by atoms with Crippen LogP contribution in [0.25, 0.3) is 0 Å². The van der Waals surface area contributed by atoms with Crippen LogP contribution in [-0.2, 0) is 4.79 Å². The van der Waals surface area contributed by atoms with E-state index in [0.717, 1.165) is 25.8 Å². The Labute approximate surface area is 127 Å². The van der Waals surface area contributed by atoms with E-state index >= 15 is 0 Å². The first-order valence-electron chi connectivity index (χ1n) is 8.09. The summed E-state index contributed by atoms with van der Waals surface area (Å²) in [7, 11) is 0. The molecule has 2 saturated heterocycles. The highest BCUT2D eigenvalue weighted by Crippen LogP contribution is 2.33. The second-order valence-corrected chi connectivity index (χ2v) is 7.18. The quantitative estimate of drug-likeness (QED) is 0.809. The summed E-state index contributed by atoms with van der Waals surface area (Å²) in [6.45, 7) is 9.39. The van der Waals surface area contributed by atoms with Gasteiger partial charge in [-0.15, -0.1) is 0 Å². The van der Waals surface area contributed by atoms with Gasteiger partial charge in [-0.3, -0.25) is 0 Å². The van der Waals surface area contributed by atoms with Crippen LogP contribution in [0, 0.1) is 11.8 Å². The van der Waals surface area contributed by atoms with Crippen molar-refractivity contribution in [3.8, 4) is 0 Å². The standard InChI is InChI=1S/C16H28N2O3/c1-11-9-12(2)13(3)17(10-11)15(21)18-8-6-5-7-16(18,4)14(19)20/h11-13H,5-10H2,1-4H3,(H,19,20). The number of piperidine rings is 2. The molecule has 2 aliphatic heterocycles. The van der Waals surface area contributed by atoms with Crippen LogP contribution in [0.3, 0.4) is 0 Å². The van der Waals surface area contributed by atoms with Crippen molar-refractivity contribution in [1.29, 1.82) is 0 Å². The summed E-state index contributed by atoms with van der Waals surface area (Å²) < 4.78 is 0. The van der Waals surface area contributed by atoms with Gasteiger partial charge >= 0.3 is 12.0 Å². The molecule has 0 radical (unpaired) electrons. The van der Waals surface area contributed by atoms with E-state index in [9.17, 15) is 14.7 Å². The number of carbonyl (C=O) groups is 2. The van der Waals surface area contributed by atoms with Crippen LogP contribution in [0.15, 0.2) is 0 Å². The zero-order chi connectivity index (χ0) is 15.8. The SMILES string of the molecule is CC1CC(C)C(C)N(C(=O)N2CCCCC2(C)C(=O)O)C1. The number of urea groups is 1. The van der Waals surface area contributed by atoms with Crippen molar-refractivity contribution in [2.24, 2.45) is 11.8 Å². The number of carboxylic acids is 1. The third-order valence-electron chi connectivity index (χ3n) is 5.43. The van der Waals surface area contributed by atoms with E-state index in [1.807, 2.05) is 4.90 Å². The molecule has 2 rings (SSSR count). The molecular formula is C16H28N2O3. The Bertz CT molecular complexity index is 426. The van der Waals surface area contributed by atoms with Crippen molar-refractivity contribution >= 4 is 12.0 Å². The lowest BCUT2D eigenvalue weighted by Crippen LogP contribution is -2.63. The molecule has 120 valence electrons. The molecule has 0 bridgehead atoms. The molecule has 0 saturated carbocycles. The molecule has 0 aliphatic carbocycles. The molecule has 2 amide bonds. The summed E-state index contributed by atoms with van der Waals surface area (Å²) in [5.74, 6) is 0.0425. The Hall–Kier alpha value is -1.26. The molecule has 0 spiro atoms. The highest BCUT2D eigenvalue weighted by Gasteiger charge is 2.46. The largest absolute Gasteiger partial charge is 0.480 e. The molecule has 4 unspecified atom stereocenters. The molecule has 2 aliphatic rings. The Morgan fingerprint density at radius 2 is 1.86 bits per heavy atom. The summed E-state index contributed by atoms with van der Waals surface area (Å²) >= 11 is 0. The summed E-state index contributed by atoms with van der Waals surface area (Å²) in [5.41, 5.74) is -1.06. The summed E-state index contributed by atoms with van der Waals surface area (Å²) in [6.07, 6.45) is 3.43. The van der Waals surface area contributed by atoms with Crippen molar-refractivity contribution in [2.75, 3.05) is 13.1 Å². The van der Waals surface area contributed by atoms with Gasteiger partial charge in [0.25, 0.3) is 0 Å². The number of amides is 2. The van der Waals surface area contributed by atoms with Crippen LogP contribution in [0.4, 0.5) is 4.79 Å². The number of aliphatic carboxylic acids is 1. The number of carbonyl (C=O) groups excluding carboxylic acids is 1. The molecule has 2 fully saturated rings. The second-order valence-electron chi connectivity index (χ2n) is 7.18. The highest BCUT2D eigenvalue weighted by molar-refractivity contribution is 5.86. The van der Waals surface area contributed by atoms with Crippen molar-refractivity contribution in [1.82, 2.24) is 9.80 Å². The van der Waals surface area contributed by atoms with Gasteiger partial charge in [0.05, 0.1) is 0 Å². The van der Waals surface area contributed by atoms with E-state index in [1.165, 1.54) is 0 Å². The van der Waals surface area contributed by atoms with Gasteiger partial charge in [0.2, 0.25) is 0 Å². The summed E-state index contributed by atoms with van der Waals surface area (Å²) in [5, 5.41) is 9.57. The Balaban J connectivity index is 2.22. The Morgan fingerprint density at radius 3 is 2.48 bits per heavy atom. The fraction of sp³-hybridized carbons (Fsp3) is 0.875. The van der Waals surface area contributed by atoms with E-state index in [4.69, 9.17) is 0 Å². The third kappa shape index (κ3) is 2.87. The molecule has 5 heteroatoms. The maximum atomic E-state index is 13.0. The zero-order valence-corrected chi connectivity index (χ0v) is 13.6. The molecule has 5 nitrogen and oxygen atoms in total. The highest BCUT2D eigenvalue weighted by atomic mass is 16.4. The first-order valence-corrected chi connectivity index (χ1v) is 8.09. The van der Waals surface area contributed by atoms with Crippen molar-refractivity contribution in [2.45, 2.75) is 65.0 Å². The van der Waals surface area contributed by atoms with E-state index in [1.54, 1.807) is 11.8 Å². The predicted molar refractivity (Wildman–Crippen MR) is 81.1 cm³/mol. The third-order valence-corrected chi connectivity index (χ3v) is 5.43. The number of nitrogens with zero attached hydrogens (tertiary/aromatic N) is 2. The molecule has 4 atom stereocenters. The normalized spacial score (nSPS) is 37.4. The van der Waals surface area contributed by atoms with Crippen molar-refractivity contribution in [3.63, 3.8) is 0 Å². The van der Waals surface area contributed by atoms with Gasteiger partial charge in [-0.1, -0.05) is 13.8 Å². The average Bonchev–Trinajstić information content (AvgIpc) is 2.42. The lowest BCUT2D eigenvalue weighted by Gasteiger charge is -2.48. The Kier molecular flexibility index (Phi) is 4.49. The number of hydrogen-bond donors (Lipinski definition) is 1. The van der Waals surface area contributed by atoms with Crippen LogP contribution in [0.2, 0.25) is 0 Å². The molecule has 2 heterocycles. The molecule has 0 aromatic rings. The van der Waals surface area contributed by atoms with E-state index in [2.05, 4.69) is 20.8 Å². The number of carboxylic acid groups (broad SMARTS) is 1. The predicted octanol–water partition coefficient (Wildman–Crippen LogP) is 2.80. The van der Waals surface area contributed by atoms with E-state index < -0.39 is 11.5 Å². The molecule has 0 aromatic carbocycles. The molecular weight excluding hydrogens is 268 g/mol. The number of hydrogen-bond acceptors (Lipinski definition) is 2. The maximum Gasteiger partial charge on any atom is 0.329 e. The van der Waals surface area contributed by atoms with Crippen LogP contribution in [0.1, 0.15) is 53.4 Å². The van der Waals surface area contributed by atoms with Gasteiger partial charge in [-0.05, 0) is 51.4 Å². The lowest BCUT2D eigenvalue weighted by molar-refractivity contribution is -0.151.